The number of ether oxygens (including phenoxy) is 1. The highest BCUT2D eigenvalue weighted by atomic mass is 35.5. The average Bonchev–Trinajstić information content (AvgIpc) is 3.35. The second-order valence-electron chi connectivity index (χ2n) is 8.06. The number of aromatic nitrogens is 4. The number of hydrogen-bond donors (Lipinski definition) is 2. The largest absolute Gasteiger partial charge is 0.493 e. The number of aliphatic hydroxyl groups excluding tert-OH is 1. The van der Waals surface area contributed by atoms with Crippen LogP contribution in [0.1, 0.15) is 22.8 Å². The third kappa shape index (κ3) is 3.65. The van der Waals surface area contributed by atoms with Crippen LogP contribution in [0.4, 0.5) is 4.39 Å². The molecule has 7 nitrogen and oxygen atoms in total. The van der Waals surface area contributed by atoms with Crippen LogP contribution in [0.15, 0.2) is 42.9 Å². The second-order valence-corrected chi connectivity index (χ2v) is 8.43. The molecule has 1 aliphatic rings. The Bertz CT molecular complexity index is 1330. The number of rotatable bonds is 5. The molecule has 2 atom stereocenters. The Hall–Kier alpha value is -3.23. The molecule has 32 heavy (non-hydrogen) atoms. The highest BCUT2D eigenvalue weighted by molar-refractivity contribution is 6.32. The van der Waals surface area contributed by atoms with Crippen LogP contribution in [0.5, 0.6) is 5.75 Å². The summed E-state index contributed by atoms with van der Waals surface area (Å²) < 4.78 is 21.2. The Morgan fingerprint density at radius 2 is 2.25 bits per heavy atom. The summed E-state index contributed by atoms with van der Waals surface area (Å²) in [5.74, 6) is -0.304. The van der Waals surface area contributed by atoms with Gasteiger partial charge in [0.2, 0.25) is 0 Å². The van der Waals surface area contributed by atoms with Crippen LogP contribution >= 0.6 is 11.6 Å². The maximum Gasteiger partial charge on any atom is 0.171 e. The van der Waals surface area contributed by atoms with Gasteiger partial charge in [-0.25, -0.2) is 4.39 Å². The van der Waals surface area contributed by atoms with E-state index in [0.29, 0.717) is 51.6 Å². The Balaban J connectivity index is 1.55. The zero-order valence-electron chi connectivity index (χ0n) is 17.2. The number of ketones is 1. The topological polar surface area (TPSA) is 93.0 Å². The maximum absolute atomic E-state index is 13.7. The molecule has 1 aliphatic heterocycles. The molecule has 0 amide bonds. The molecule has 0 spiro atoms. The van der Waals surface area contributed by atoms with Gasteiger partial charge in [0.15, 0.2) is 5.78 Å². The van der Waals surface area contributed by atoms with Gasteiger partial charge in [-0.2, -0.15) is 5.10 Å². The lowest BCUT2D eigenvalue weighted by molar-refractivity contribution is 0.0856. The van der Waals surface area contributed by atoms with Crippen molar-refractivity contribution in [2.24, 2.45) is 5.92 Å². The SMILES string of the molecule is C[C@H](O)Cn1cc(C(=O)C2COc3ccc(F)cc3C2)c2cnc(-c3cn[nH]c3Cl)cc21. The Labute approximate surface area is 187 Å². The van der Waals surface area contributed by atoms with Gasteiger partial charge in [0, 0.05) is 29.9 Å². The van der Waals surface area contributed by atoms with Crippen molar-refractivity contribution in [3.63, 3.8) is 0 Å². The smallest absolute Gasteiger partial charge is 0.171 e. The van der Waals surface area contributed by atoms with Crippen molar-refractivity contribution >= 4 is 28.3 Å². The summed E-state index contributed by atoms with van der Waals surface area (Å²) in [4.78, 5) is 17.9. The summed E-state index contributed by atoms with van der Waals surface area (Å²) in [5, 5.41) is 17.6. The standard InChI is InChI=1S/C23H20ClFN4O3/c1-12(30)9-29-10-18(16-7-26-19(6-20(16)29)17-8-27-28-23(17)24)22(31)14-4-13-5-15(25)2-3-21(13)32-11-14/h2-3,5-8,10,12,14,30H,4,9,11H2,1H3,(H,27,28)/t12-,14?/m0/s1. The van der Waals surface area contributed by atoms with Crippen molar-refractivity contribution in [2.75, 3.05) is 6.61 Å². The molecule has 1 aromatic carbocycles. The lowest BCUT2D eigenvalue weighted by Crippen LogP contribution is -2.28. The number of hydrogen-bond acceptors (Lipinski definition) is 5. The molecule has 0 fully saturated rings. The molecule has 1 unspecified atom stereocenters. The van der Waals surface area contributed by atoms with Gasteiger partial charge in [0.05, 0.1) is 41.6 Å². The Morgan fingerprint density at radius 3 is 3.00 bits per heavy atom. The van der Waals surface area contributed by atoms with Crippen LogP contribution in [0.2, 0.25) is 5.15 Å². The minimum Gasteiger partial charge on any atom is -0.493 e. The molecule has 0 saturated carbocycles. The minimum atomic E-state index is -0.615. The molecule has 9 heteroatoms. The lowest BCUT2D eigenvalue weighted by atomic mass is 9.90. The predicted octanol–water partition coefficient (Wildman–Crippen LogP) is 4.03. The van der Waals surface area contributed by atoms with E-state index in [-0.39, 0.29) is 18.2 Å². The molecule has 0 saturated heterocycles. The first-order valence-electron chi connectivity index (χ1n) is 10.2. The van der Waals surface area contributed by atoms with Crippen molar-refractivity contribution in [3.05, 3.63) is 65.0 Å². The Morgan fingerprint density at radius 1 is 1.41 bits per heavy atom. The van der Waals surface area contributed by atoms with Crippen molar-refractivity contribution in [2.45, 2.75) is 26.0 Å². The predicted molar refractivity (Wildman–Crippen MR) is 117 cm³/mol. The van der Waals surface area contributed by atoms with Gasteiger partial charge in [-0.15, -0.1) is 0 Å². The van der Waals surface area contributed by atoms with E-state index in [0.717, 1.165) is 5.52 Å². The number of benzene rings is 1. The summed E-state index contributed by atoms with van der Waals surface area (Å²) in [6.45, 7) is 2.21. The van der Waals surface area contributed by atoms with Gasteiger partial charge in [0.25, 0.3) is 0 Å². The molecular weight excluding hydrogens is 435 g/mol. The number of aromatic amines is 1. The van der Waals surface area contributed by atoms with Crippen molar-refractivity contribution in [3.8, 4) is 17.0 Å². The van der Waals surface area contributed by atoms with E-state index in [2.05, 4.69) is 15.2 Å². The Kier molecular flexibility index (Phi) is 5.19. The van der Waals surface area contributed by atoms with Crippen LogP contribution in [-0.2, 0) is 13.0 Å². The number of carbonyl (C=O) groups excluding carboxylic acids is 1. The van der Waals surface area contributed by atoms with E-state index in [1.165, 1.54) is 12.1 Å². The van der Waals surface area contributed by atoms with Crippen molar-refractivity contribution in [1.29, 1.82) is 0 Å². The van der Waals surface area contributed by atoms with Crippen molar-refractivity contribution < 1.29 is 19.0 Å². The zero-order valence-corrected chi connectivity index (χ0v) is 17.9. The fourth-order valence-electron chi connectivity index (χ4n) is 4.16. The molecule has 4 aromatic rings. The van der Waals surface area contributed by atoms with Gasteiger partial charge >= 0.3 is 0 Å². The number of halogens is 2. The quantitative estimate of drug-likeness (QED) is 0.444. The van der Waals surface area contributed by atoms with Gasteiger partial charge in [0.1, 0.15) is 16.7 Å². The monoisotopic (exact) mass is 454 g/mol. The van der Waals surface area contributed by atoms with Crippen LogP contribution in [-0.4, -0.2) is 43.3 Å². The first kappa shape index (κ1) is 20.7. The normalized spacial score (nSPS) is 16.6. The maximum atomic E-state index is 13.7. The van der Waals surface area contributed by atoms with Gasteiger partial charge in [-0.3, -0.25) is 14.9 Å². The first-order valence-corrected chi connectivity index (χ1v) is 10.6. The van der Waals surface area contributed by atoms with Crippen LogP contribution in [0.25, 0.3) is 22.2 Å². The molecule has 3 aromatic heterocycles. The third-order valence-electron chi connectivity index (χ3n) is 5.66. The number of nitrogens with zero attached hydrogens (tertiary/aromatic N) is 3. The van der Waals surface area contributed by atoms with Crippen LogP contribution in [0.3, 0.4) is 0 Å². The summed E-state index contributed by atoms with van der Waals surface area (Å²) in [6, 6.07) is 6.17. The number of aliphatic hydroxyl groups is 1. The van der Waals surface area contributed by atoms with E-state index in [9.17, 15) is 14.3 Å². The number of Topliss-reactive ketones (excluding diaryl/α,β-unsaturated/α-hetero) is 1. The molecule has 2 N–H and O–H groups in total. The highest BCUT2D eigenvalue weighted by Gasteiger charge is 2.29. The molecular formula is C23H20ClFN4O3. The molecule has 164 valence electrons. The third-order valence-corrected chi connectivity index (χ3v) is 5.95. The van der Waals surface area contributed by atoms with Gasteiger partial charge in [-0.05, 0) is 43.2 Å². The van der Waals surface area contributed by atoms with E-state index < -0.39 is 12.0 Å². The summed E-state index contributed by atoms with van der Waals surface area (Å²) in [7, 11) is 0. The number of carbonyl (C=O) groups is 1. The summed E-state index contributed by atoms with van der Waals surface area (Å²) in [5.41, 5.74) is 3.17. The zero-order chi connectivity index (χ0) is 22.4. The molecule has 0 bridgehead atoms. The number of pyridine rings is 1. The van der Waals surface area contributed by atoms with Crippen LogP contribution < -0.4 is 4.74 Å². The van der Waals surface area contributed by atoms with Crippen molar-refractivity contribution in [1.82, 2.24) is 19.7 Å². The highest BCUT2D eigenvalue weighted by Crippen LogP contribution is 2.33. The first-order chi connectivity index (χ1) is 15.4. The molecule has 0 aliphatic carbocycles. The molecule has 5 rings (SSSR count). The van der Waals surface area contributed by atoms with Crippen LogP contribution in [0, 0.1) is 11.7 Å². The molecule has 4 heterocycles. The van der Waals surface area contributed by atoms with E-state index in [4.69, 9.17) is 16.3 Å². The molecule has 0 radical (unpaired) electrons. The summed E-state index contributed by atoms with van der Waals surface area (Å²) >= 11 is 6.16. The minimum absolute atomic E-state index is 0.106. The van der Waals surface area contributed by atoms with Gasteiger partial charge in [-0.1, -0.05) is 11.6 Å². The lowest BCUT2D eigenvalue weighted by Gasteiger charge is -2.24. The number of H-pyrrole nitrogens is 1. The second kappa shape index (κ2) is 8.03. The summed E-state index contributed by atoms with van der Waals surface area (Å²) in [6.07, 6.45) is 4.74. The van der Waals surface area contributed by atoms with E-state index >= 15 is 0 Å². The fourth-order valence-corrected chi connectivity index (χ4v) is 4.36. The number of nitrogens with one attached hydrogen (secondary N) is 1. The fraction of sp³-hybridized carbons (Fsp3) is 0.261. The average molecular weight is 455 g/mol. The number of fused-ring (bicyclic) bond motifs is 2. The van der Waals surface area contributed by atoms with Gasteiger partial charge < -0.3 is 14.4 Å². The van der Waals surface area contributed by atoms with E-state index in [1.54, 1.807) is 31.6 Å². The van der Waals surface area contributed by atoms with E-state index in [1.807, 2.05) is 10.6 Å².